The first-order valence-electron chi connectivity index (χ1n) is 6.43. The second kappa shape index (κ2) is 6.26. The Balaban J connectivity index is 2.07. The van der Waals surface area contributed by atoms with Crippen LogP contribution in [0.25, 0.3) is 0 Å². The summed E-state index contributed by atoms with van der Waals surface area (Å²) >= 11 is 5.95. The number of nitrogens with one attached hydrogen (secondary N) is 1. The number of rotatable bonds is 3. The highest BCUT2D eigenvalue weighted by Gasteiger charge is 2.24. The zero-order valence-electron chi connectivity index (χ0n) is 11.3. The molecule has 1 aromatic carbocycles. The first-order valence-corrected chi connectivity index (χ1v) is 6.81. The third-order valence-electron chi connectivity index (χ3n) is 3.41. The number of benzene rings is 1. The molecule has 0 bridgehead atoms. The number of ether oxygens (including phenoxy) is 1. The van der Waals surface area contributed by atoms with E-state index in [2.05, 4.69) is 10.2 Å². The van der Waals surface area contributed by atoms with E-state index in [1.807, 2.05) is 7.05 Å². The van der Waals surface area contributed by atoms with Gasteiger partial charge in [0.25, 0.3) is 0 Å². The molecule has 1 atom stereocenters. The molecule has 1 heterocycles. The molecule has 1 fully saturated rings. The summed E-state index contributed by atoms with van der Waals surface area (Å²) in [6, 6.07) is 5.21. The number of carbonyl (C=O) groups is 1. The molecule has 1 N–H and O–H groups in total. The van der Waals surface area contributed by atoms with Gasteiger partial charge in [-0.1, -0.05) is 11.6 Å². The minimum Gasteiger partial charge on any atom is -0.495 e. The van der Waals surface area contributed by atoms with Gasteiger partial charge in [-0.2, -0.15) is 0 Å². The molecular weight excluding hydrogens is 264 g/mol. The molecule has 1 aliphatic rings. The average molecular weight is 283 g/mol. The van der Waals surface area contributed by atoms with Gasteiger partial charge in [-0.05, 0) is 44.6 Å². The smallest absolute Gasteiger partial charge is 0.228 e. The summed E-state index contributed by atoms with van der Waals surface area (Å²) in [6.07, 6.45) is 1.99. The Bertz CT molecular complexity index is 465. The summed E-state index contributed by atoms with van der Waals surface area (Å²) in [4.78, 5) is 14.4. The Morgan fingerprint density at radius 2 is 2.32 bits per heavy atom. The fourth-order valence-electron chi connectivity index (χ4n) is 2.39. The van der Waals surface area contributed by atoms with Crippen molar-refractivity contribution in [2.75, 3.05) is 32.6 Å². The molecule has 19 heavy (non-hydrogen) atoms. The van der Waals surface area contributed by atoms with Crippen LogP contribution in [0.5, 0.6) is 5.75 Å². The highest BCUT2D eigenvalue weighted by Crippen LogP contribution is 2.28. The molecule has 104 valence electrons. The molecule has 1 amide bonds. The average Bonchev–Trinajstić information content (AvgIpc) is 2.39. The second-order valence-electron chi connectivity index (χ2n) is 4.94. The zero-order valence-corrected chi connectivity index (χ0v) is 12.0. The number of carbonyl (C=O) groups excluding carboxylic acids is 1. The van der Waals surface area contributed by atoms with Gasteiger partial charge >= 0.3 is 0 Å². The number of anilines is 1. The lowest BCUT2D eigenvalue weighted by Gasteiger charge is -2.28. The quantitative estimate of drug-likeness (QED) is 0.927. The van der Waals surface area contributed by atoms with E-state index in [0.717, 1.165) is 25.9 Å². The van der Waals surface area contributed by atoms with Crippen LogP contribution >= 0.6 is 11.6 Å². The van der Waals surface area contributed by atoms with Gasteiger partial charge in [0.15, 0.2) is 0 Å². The van der Waals surface area contributed by atoms with E-state index in [9.17, 15) is 4.79 Å². The molecule has 1 unspecified atom stereocenters. The molecule has 0 saturated carbocycles. The van der Waals surface area contributed by atoms with Crippen LogP contribution in [-0.2, 0) is 4.79 Å². The number of hydrogen-bond acceptors (Lipinski definition) is 3. The minimum absolute atomic E-state index is 0.0300. The topological polar surface area (TPSA) is 41.6 Å². The summed E-state index contributed by atoms with van der Waals surface area (Å²) in [6.45, 7) is 1.86. The van der Waals surface area contributed by atoms with Crippen molar-refractivity contribution in [1.82, 2.24) is 4.90 Å². The van der Waals surface area contributed by atoms with E-state index in [4.69, 9.17) is 16.3 Å². The molecule has 5 heteroatoms. The highest BCUT2D eigenvalue weighted by molar-refractivity contribution is 6.31. The first-order chi connectivity index (χ1) is 9.10. The lowest BCUT2D eigenvalue weighted by molar-refractivity contribution is -0.121. The first kappa shape index (κ1) is 14.2. The molecular formula is C14H19ClN2O2. The van der Waals surface area contributed by atoms with Crippen LogP contribution in [-0.4, -0.2) is 38.1 Å². The van der Waals surface area contributed by atoms with Gasteiger partial charge in [0.05, 0.1) is 18.7 Å². The van der Waals surface area contributed by atoms with E-state index in [1.54, 1.807) is 25.3 Å². The number of likely N-dealkylation sites (tertiary alicyclic amines) is 1. The maximum atomic E-state index is 12.3. The summed E-state index contributed by atoms with van der Waals surface area (Å²) in [5, 5.41) is 3.50. The van der Waals surface area contributed by atoms with Crippen molar-refractivity contribution < 1.29 is 9.53 Å². The van der Waals surface area contributed by atoms with E-state index in [1.165, 1.54) is 0 Å². The van der Waals surface area contributed by atoms with Gasteiger partial charge in [-0.25, -0.2) is 0 Å². The Morgan fingerprint density at radius 1 is 1.53 bits per heavy atom. The monoisotopic (exact) mass is 282 g/mol. The molecule has 0 aliphatic carbocycles. The van der Waals surface area contributed by atoms with Gasteiger partial charge in [0, 0.05) is 11.6 Å². The van der Waals surface area contributed by atoms with Crippen molar-refractivity contribution in [3.05, 3.63) is 23.2 Å². The Kier molecular flexibility index (Phi) is 4.66. The van der Waals surface area contributed by atoms with Gasteiger partial charge in [0.2, 0.25) is 5.91 Å². The molecule has 1 aromatic rings. The number of nitrogens with zero attached hydrogens (tertiary/aromatic N) is 1. The summed E-state index contributed by atoms with van der Waals surface area (Å²) in [5.41, 5.74) is 0.633. The lowest BCUT2D eigenvalue weighted by atomic mass is 9.97. The molecule has 1 aliphatic heterocycles. The lowest BCUT2D eigenvalue weighted by Crippen LogP contribution is -2.38. The highest BCUT2D eigenvalue weighted by atomic mass is 35.5. The largest absolute Gasteiger partial charge is 0.495 e. The standard InChI is InChI=1S/C14H19ClN2O2/c1-17-7-3-4-10(9-17)14(18)16-12-8-11(15)5-6-13(12)19-2/h5-6,8,10H,3-4,7,9H2,1-2H3,(H,16,18). The van der Waals surface area contributed by atoms with E-state index < -0.39 is 0 Å². The van der Waals surface area contributed by atoms with Gasteiger partial charge in [-0.15, -0.1) is 0 Å². The van der Waals surface area contributed by atoms with Gasteiger partial charge in [0.1, 0.15) is 5.75 Å². The maximum Gasteiger partial charge on any atom is 0.228 e. The number of piperidine rings is 1. The fourth-order valence-corrected chi connectivity index (χ4v) is 2.57. The fraction of sp³-hybridized carbons (Fsp3) is 0.500. The SMILES string of the molecule is COc1ccc(Cl)cc1NC(=O)C1CCCN(C)C1. The van der Waals surface area contributed by atoms with Crippen LogP contribution in [0.3, 0.4) is 0 Å². The minimum atomic E-state index is 0.0300. The number of halogens is 1. The predicted molar refractivity (Wildman–Crippen MR) is 76.9 cm³/mol. The van der Waals surface area contributed by atoms with Crippen molar-refractivity contribution >= 4 is 23.2 Å². The van der Waals surface area contributed by atoms with Crippen molar-refractivity contribution in [3.8, 4) is 5.75 Å². The van der Waals surface area contributed by atoms with Crippen LogP contribution in [0.2, 0.25) is 5.02 Å². The van der Waals surface area contributed by atoms with E-state index in [-0.39, 0.29) is 11.8 Å². The number of amides is 1. The molecule has 0 spiro atoms. The maximum absolute atomic E-state index is 12.3. The zero-order chi connectivity index (χ0) is 13.8. The van der Waals surface area contributed by atoms with Crippen molar-refractivity contribution in [2.24, 2.45) is 5.92 Å². The normalized spacial score (nSPS) is 20.1. The van der Waals surface area contributed by atoms with Crippen LogP contribution < -0.4 is 10.1 Å². The van der Waals surface area contributed by atoms with Crippen molar-refractivity contribution in [3.63, 3.8) is 0 Å². The Hall–Kier alpha value is -1.26. The summed E-state index contributed by atoms with van der Waals surface area (Å²) in [5.74, 6) is 0.691. The second-order valence-corrected chi connectivity index (χ2v) is 5.37. The molecule has 2 rings (SSSR count). The summed E-state index contributed by atoms with van der Waals surface area (Å²) in [7, 11) is 3.62. The van der Waals surface area contributed by atoms with Crippen LogP contribution in [0.1, 0.15) is 12.8 Å². The van der Waals surface area contributed by atoms with Crippen LogP contribution in [0.15, 0.2) is 18.2 Å². The van der Waals surface area contributed by atoms with Gasteiger partial charge < -0.3 is 15.0 Å². The van der Waals surface area contributed by atoms with Crippen molar-refractivity contribution in [2.45, 2.75) is 12.8 Å². The van der Waals surface area contributed by atoms with E-state index in [0.29, 0.717) is 16.5 Å². The van der Waals surface area contributed by atoms with Crippen molar-refractivity contribution in [1.29, 1.82) is 0 Å². The van der Waals surface area contributed by atoms with Crippen LogP contribution in [0.4, 0.5) is 5.69 Å². The third-order valence-corrected chi connectivity index (χ3v) is 3.65. The number of hydrogen-bond donors (Lipinski definition) is 1. The predicted octanol–water partition coefficient (Wildman–Crippen LogP) is 2.63. The Labute approximate surface area is 118 Å². The molecule has 0 aromatic heterocycles. The number of methoxy groups -OCH3 is 1. The summed E-state index contributed by atoms with van der Waals surface area (Å²) < 4.78 is 5.23. The van der Waals surface area contributed by atoms with E-state index >= 15 is 0 Å². The van der Waals surface area contributed by atoms with Gasteiger partial charge in [-0.3, -0.25) is 4.79 Å². The molecule has 4 nitrogen and oxygen atoms in total. The Morgan fingerprint density at radius 3 is 3.00 bits per heavy atom. The molecule has 0 radical (unpaired) electrons. The van der Waals surface area contributed by atoms with Crippen LogP contribution in [0, 0.1) is 5.92 Å². The molecule has 1 saturated heterocycles. The third kappa shape index (κ3) is 3.61.